The number of nitrogen functional groups attached to an aromatic ring is 1. The van der Waals surface area contributed by atoms with E-state index in [0.29, 0.717) is 0 Å². The van der Waals surface area contributed by atoms with Gasteiger partial charge in [-0.1, -0.05) is 32.6 Å². The third-order valence-electron chi connectivity index (χ3n) is 4.56. The minimum atomic E-state index is 0.806. The third kappa shape index (κ3) is 2.67. The molecule has 0 amide bonds. The van der Waals surface area contributed by atoms with Crippen molar-refractivity contribution in [2.75, 3.05) is 5.73 Å². The number of rotatable bonds is 5. The maximum Gasteiger partial charge on any atom is 0.109 e. The smallest absolute Gasteiger partial charge is 0.109 e. The Balaban J connectivity index is 1.87. The number of imidazole rings is 1. The number of nitrogens with two attached hydrogens (primary N) is 1. The van der Waals surface area contributed by atoms with Crippen LogP contribution in [0.1, 0.15) is 51.3 Å². The topological polar surface area (TPSA) is 43.8 Å². The van der Waals surface area contributed by atoms with Gasteiger partial charge in [-0.25, -0.2) is 4.98 Å². The standard InChI is InChI=1S/C17H25N3/c1-2-5-17-19-15-12-14(18)8-9-16(15)20(17)11-10-13-6-3-4-7-13/h8-9,12-13H,2-7,10-11,18H2,1H3. The summed E-state index contributed by atoms with van der Waals surface area (Å²) in [6.07, 6.45) is 9.18. The van der Waals surface area contributed by atoms with Crippen LogP contribution in [0.5, 0.6) is 0 Å². The van der Waals surface area contributed by atoms with E-state index in [9.17, 15) is 0 Å². The lowest BCUT2D eigenvalue weighted by atomic mass is 10.0. The van der Waals surface area contributed by atoms with Crippen molar-refractivity contribution in [3.05, 3.63) is 24.0 Å². The van der Waals surface area contributed by atoms with E-state index in [1.54, 1.807) is 0 Å². The Morgan fingerprint density at radius 1 is 1.30 bits per heavy atom. The number of fused-ring (bicyclic) bond motifs is 1. The molecule has 1 saturated carbocycles. The zero-order valence-corrected chi connectivity index (χ0v) is 12.4. The van der Waals surface area contributed by atoms with Gasteiger partial charge in [-0.2, -0.15) is 0 Å². The molecule has 1 aliphatic carbocycles. The first-order valence-electron chi connectivity index (χ1n) is 8.02. The van der Waals surface area contributed by atoms with E-state index >= 15 is 0 Å². The van der Waals surface area contributed by atoms with E-state index in [2.05, 4.69) is 17.6 Å². The van der Waals surface area contributed by atoms with Crippen molar-refractivity contribution in [1.29, 1.82) is 0 Å². The summed E-state index contributed by atoms with van der Waals surface area (Å²) in [5.74, 6) is 2.15. The maximum absolute atomic E-state index is 5.88. The number of hydrogen-bond acceptors (Lipinski definition) is 2. The first-order chi connectivity index (χ1) is 9.78. The molecular weight excluding hydrogens is 246 g/mol. The SMILES string of the molecule is CCCc1nc2cc(N)ccc2n1CCC1CCCC1. The molecule has 108 valence electrons. The summed E-state index contributed by atoms with van der Waals surface area (Å²) in [5.41, 5.74) is 8.99. The van der Waals surface area contributed by atoms with Gasteiger partial charge in [0, 0.05) is 18.7 Å². The molecule has 0 bridgehead atoms. The van der Waals surface area contributed by atoms with Gasteiger partial charge in [0.25, 0.3) is 0 Å². The molecule has 3 rings (SSSR count). The van der Waals surface area contributed by atoms with Crippen LogP contribution in [0.2, 0.25) is 0 Å². The molecule has 1 fully saturated rings. The average molecular weight is 271 g/mol. The monoisotopic (exact) mass is 271 g/mol. The van der Waals surface area contributed by atoms with Crippen LogP contribution < -0.4 is 5.73 Å². The molecule has 0 aliphatic heterocycles. The second kappa shape index (κ2) is 5.86. The van der Waals surface area contributed by atoms with Gasteiger partial charge >= 0.3 is 0 Å². The highest BCUT2D eigenvalue weighted by Crippen LogP contribution is 2.29. The number of aromatic nitrogens is 2. The Morgan fingerprint density at radius 2 is 2.10 bits per heavy atom. The van der Waals surface area contributed by atoms with Crippen molar-refractivity contribution in [1.82, 2.24) is 9.55 Å². The van der Waals surface area contributed by atoms with E-state index in [-0.39, 0.29) is 0 Å². The first kappa shape index (κ1) is 13.5. The summed E-state index contributed by atoms with van der Waals surface area (Å²) in [5, 5.41) is 0. The molecule has 20 heavy (non-hydrogen) atoms. The van der Waals surface area contributed by atoms with Crippen LogP contribution in [0.4, 0.5) is 5.69 Å². The highest BCUT2D eigenvalue weighted by atomic mass is 15.1. The summed E-state index contributed by atoms with van der Waals surface area (Å²) in [6.45, 7) is 3.33. The van der Waals surface area contributed by atoms with E-state index in [4.69, 9.17) is 10.7 Å². The fourth-order valence-electron chi connectivity index (χ4n) is 3.47. The van der Waals surface area contributed by atoms with E-state index in [1.807, 2.05) is 12.1 Å². The van der Waals surface area contributed by atoms with Crippen LogP contribution >= 0.6 is 0 Å². The molecule has 1 aromatic carbocycles. The molecule has 0 saturated heterocycles. The molecule has 3 nitrogen and oxygen atoms in total. The lowest BCUT2D eigenvalue weighted by Gasteiger charge is -2.12. The predicted molar refractivity (Wildman–Crippen MR) is 84.7 cm³/mol. The van der Waals surface area contributed by atoms with E-state index < -0.39 is 0 Å². The number of anilines is 1. The van der Waals surface area contributed by atoms with Crippen LogP contribution in [0, 0.1) is 5.92 Å². The van der Waals surface area contributed by atoms with Crippen molar-refractivity contribution < 1.29 is 0 Å². The van der Waals surface area contributed by atoms with Gasteiger partial charge in [0.1, 0.15) is 5.82 Å². The second-order valence-electron chi connectivity index (χ2n) is 6.12. The van der Waals surface area contributed by atoms with Gasteiger partial charge in [0.15, 0.2) is 0 Å². The van der Waals surface area contributed by atoms with Crippen LogP contribution in [-0.4, -0.2) is 9.55 Å². The molecule has 0 unspecified atom stereocenters. The summed E-state index contributed by atoms with van der Waals surface area (Å²) >= 11 is 0. The lowest BCUT2D eigenvalue weighted by molar-refractivity contribution is 0.456. The molecule has 3 heteroatoms. The quantitative estimate of drug-likeness (QED) is 0.830. The van der Waals surface area contributed by atoms with Gasteiger partial charge in [-0.05, 0) is 37.0 Å². The molecular formula is C17H25N3. The second-order valence-corrected chi connectivity index (χ2v) is 6.12. The fraction of sp³-hybridized carbons (Fsp3) is 0.588. The predicted octanol–water partition coefficient (Wildman–Crippen LogP) is 4.15. The van der Waals surface area contributed by atoms with Gasteiger partial charge in [0.2, 0.25) is 0 Å². The molecule has 2 N–H and O–H groups in total. The van der Waals surface area contributed by atoms with Gasteiger partial charge < -0.3 is 10.3 Å². The maximum atomic E-state index is 5.88. The molecule has 1 aromatic heterocycles. The molecule has 1 heterocycles. The van der Waals surface area contributed by atoms with E-state index in [0.717, 1.165) is 36.5 Å². The molecule has 1 aliphatic rings. The molecule has 0 spiro atoms. The van der Waals surface area contributed by atoms with Crippen molar-refractivity contribution in [3.63, 3.8) is 0 Å². The van der Waals surface area contributed by atoms with Gasteiger partial charge in [-0.15, -0.1) is 0 Å². The Hall–Kier alpha value is -1.51. The van der Waals surface area contributed by atoms with Gasteiger partial charge in [0.05, 0.1) is 11.0 Å². The first-order valence-corrected chi connectivity index (χ1v) is 8.02. The number of nitrogens with zero attached hydrogens (tertiary/aromatic N) is 2. The van der Waals surface area contributed by atoms with Crippen LogP contribution in [-0.2, 0) is 13.0 Å². The molecule has 0 radical (unpaired) electrons. The summed E-state index contributed by atoms with van der Waals surface area (Å²) < 4.78 is 2.43. The Labute approximate surface area is 121 Å². The average Bonchev–Trinajstić information content (AvgIpc) is 3.04. The highest BCUT2D eigenvalue weighted by molar-refractivity contribution is 5.79. The number of hydrogen-bond donors (Lipinski definition) is 1. The Bertz CT molecular complexity index is 579. The summed E-state index contributed by atoms with van der Waals surface area (Å²) in [6, 6.07) is 6.12. The van der Waals surface area contributed by atoms with Crippen LogP contribution in [0.25, 0.3) is 11.0 Å². The largest absolute Gasteiger partial charge is 0.399 e. The Morgan fingerprint density at radius 3 is 2.85 bits per heavy atom. The zero-order valence-electron chi connectivity index (χ0n) is 12.4. The summed E-state index contributed by atoms with van der Waals surface area (Å²) in [7, 11) is 0. The molecule has 0 atom stereocenters. The highest BCUT2D eigenvalue weighted by Gasteiger charge is 2.16. The van der Waals surface area contributed by atoms with Crippen LogP contribution in [0.15, 0.2) is 18.2 Å². The fourth-order valence-corrected chi connectivity index (χ4v) is 3.47. The van der Waals surface area contributed by atoms with Crippen molar-refractivity contribution in [2.45, 2.75) is 58.4 Å². The summed E-state index contributed by atoms with van der Waals surface area (Å²) in [4.78, 5) is 4.79. The normalized spacial score (nSPS) is 16.2. The van der Waals surface area contributed by atoms with Crippen molar-refractivity contribution in [3.8, 4) is 0 Å². The minimum Gasteiger partial charge on any atom is -0.399 e. The number of benzene rings is 1. The van der Waals surface area contributed by atoms with Crippen molar-refractivity contribution in [2.24, 2.45) is 5.92 Å². The van der Waals surface area contributed by atoms with Gasteiger partial charge in [-0.3, -0.25) is 0 Å². The molecule has 2 aromatic rings. The zero-order chi connectivity index (χ0) is 13.9. The minimum absolute atomic E-state index is 0.806. The van der Waals surface area contributed by atoms with Crippen LogP contribution in [0.3, 0.4) is 0 Å². The Kier molecular flexibility index (Phi) is 3.95. The van der Waals surface area contributed by atoms with E-state index in [1.165, 1.54) is 43.4 Å². The lowest BCUT2D eigenvalue weighted by Crippen LogP contribution is -2.07. The third-order valence-corrected chi connectivity index (χ3v) is 4.56. The number of aryl methyl sites for hydroxylation is 2. The van der Waals surface area contributed by atoms with Crippen molar-refractivity contribution >= 4 is 16.7 Å².